The molecular formula is C19H28N2O2. The van der Waals surface area contributed by atoms with E-state index < -0.39 is 5.41 Å². The van der Waals surface area contributed by atoms with Gasteiger partial charge in [-0.1, -0.05) is 45.4 Å². The molecule has 1 aromatic carbocycles. The van der Waals surface area contributed by atoms with Crippen LogP contribution in [0.2, 0.25) is 0 Å². The van der Waals surface area contributed by atoms with Crippen molar-refractivity contribution in [3.05, 3.63) is 29.3 Å². The van der Waals surface area contributed by atoms with Gasteiger partial charge in [0.2, 0.25) is 11.8 Å². The number of para-hydroxylation sites is 1. The average Bonchev–Trinajstić information content (AvgIpc) is 3.37. The van der Waals surface area contributed by atoms with E-state index in [2.05, 4.69) is 31.4 Å². The third-order valence-corrected chi connectivity index (χ3v) is 4.67. The highest BCUT2D eigenvalue weighted by Gasteiger charge is 2.56. The predicted molar refractivity (Wildman–Crippen MR) is 93.4 cm³/mol. The first-order chi connectivity index (χ1) is 11.1. The fourth-order valence-corrected chi connectivity index (χ4v) is 2.87. The minimum atomic E-state index is -0.848. The fraction of sp³-hybridized carbons (Fsp3) is 0.579. The average molecular weight is 316 g/mol. The van der Waals surface area contributed by atoms with E-state index in [1.54, 1.807) is 0 Å². The number of carbonyl (C=O) groups excluding carboxylic acids is 2. The maximum Gasteiger partial charge on any atom is 0.240 e. The Morgan fingerprint density at radius 2 is 1.65 bits per heavy atom. The lowest BCUT2D eigenvalue weighted by Crippen LogP contribution is -2.40. The number of hydrogen-bond donors (Lipinski definition) is 2. The van der Waals surface area contributed by atoms with Gasteiger partial charge < -0.3 is 10.6 Å². The summed E-state index contributed by atoms with van der Waals surface area (Å²) in [6.45, 7) is 6.89. The van der Waals surface area contributed by atoms with Crippen LogP contribution in [0.5, 0.6) is 0 Å². The number of anilines is 1. The van der Waals surface area contributed by atoms with E-state index >= 15 is 0 Å². The van der Waals surface area contributed by atoms with Crippen molar-refractivity contribution in [2.75, 3.05) is 11.9 Å². The summed E-state index contributed by atoms with van der Waals surface area (Å²) in [5, 5.41) is 5.97. The second kappa shape index (κ2) is 7.62. The first-order valence-electron chi connectivity index (χ1n) is 8.79. The minimum Gasteiger partial charge on any atom is -0.355 e. The van der Waals surface area contributed by atoms with Gasteiger partial charge in [-0.25, -0.2) is 0 Å². The highest BCUT2D eigenvalue weighted by atomic mass is 16.2. The quantitative estimate of drug-likeness (QED) is 0.570. The molecule has 0 atom stereocenters. The van der Waals surface area contributed by atoms with Crippen LogP contribution in [0, 0.1) is 5.41 Å². The standard InChI is InChI=1S/C19H28N2O2/c1-4-7-13-20-17(22)19(11-12-19)18(23)21-16-14(5-2)9-8-10-15(16)6-3/h8-10H,4-7,11-13H2,1-3H3,(H,20,22)(H,21,23). The molecule has 126 valence electrons. The Kier molecular flexibility index (Phi) is 5.80. The Labute approximate surface area is 139 Å². The van der Waals surface area contributed by atoms with Crippen LogP contribution in [0.4, 0.5) is 5.69 Å². The third-order valence-electron chi connectivity index (χ3n) is 4.67. The molecule has 0 aliphatic heterocycles. The Morgan fingerprint density at radius 3 is 2.13 bits per heavy atom. The Hall–Kier alpha value is -1.84. The molecule has 0 bridgehead atoms. The van der Waals surface area contributed by atoms with Gasteiger partial charge in [0.15, 0.2) is 0 Å². The Balaban J connectivity index is 2.11. The summed E-state index contributed by atoms with van der Waals surface area (Å²) in [6.07, 6.45) is 4.99. The SMILES string of the molecule is CCCCNC(=O)C1(C(=O)Nc2c(CC)cccc2CC)CC1. The molecule has 0 spiro atoms. The van der Waals surface area contributed by atoms with E-state index in [9.17, 15) is 9.59 Å². The van der Waals surface area contributed by atoms with Gasteiger partial charge in [-0.05, 0) is 43.2 Å². The molecule has 0 unspecified atom stereocenters. The lowest BCUT2D eigenvalue weighted by molar-refractivity contribution is -0.134. The van der Waals surface area contributed by atoms with Crippen molar-refractivity contribution in [2.24, 2.45) is 5.41 Å². The zero-order valence-electron chi connectivity index (χ0n) is 14.5. The number of amides is 2. The number of benzene rings is 1. The monoisotopic (exact) mass is 316 g/mol. The Bertz CT molecular complexity index is 554. The zero-order valence-corrected chi connectivity index (χ0v) is 14.5. The summed E-state index contributed by atoms with van der Waals surface area (Å²) in [5.74, 6) is -0.266. The maximum absolute atomic E-state index is 12.7. The third kappa shape index (κ3) is 3.74. The van der Waals surface area contributed by atoms with Gasteiger partial charge in [-0.15, -0.1) is 0 Å². The number of hydrogen-bond acceptors (Lipinski definition) is 2. The van der Waals surface area contributed by atoms with Crippen LogP contribution in [0.25, 0.3) is 0 Å². The molecule has 23 heavy (non-hydrogen) atoms. The lowest BCUT2D eigenvalue weighted by Gasteiger charge is -2.19. The normalized spacial score (nSPS) is 15.1. The lowest BCUT2D eigenvalue weighted by atomic mass is 10.0. The molecule has 0 aromatic heterocycles. The second-order valence-corrected chi connectivity index (χ2v) is 6.30. The summed E-state index contributed by atoms with van der Waals surface area (Å²) in [4.78, 5) is 25.1. The molecule has 1 fully saturated rings. The van der Waals surface area contributed by atoms with E-state index in [-0.39, 0.29) is 11.8 Å². The maximum atomic E-state index is 12.7. The van der Waals surface area contributed by atoms with Crippen LogP contribution in [0.1, 0.15) is 57.6 Å². The molecule has 1 aliphatic rings. The molecular weight excluding hydrogens is 288 g/mol. The van der Waals surface area contributed by atoms with E-state index in [1.807, 2.05) is 18.2 Å². The molecule has 1 saturated carbocycles. The van der Waals surface area contributed by atoms with Crippen LogP contribution in [0.3, 0.4) is 0 Å². The fourth-order valence-electron chi connectivity index (χ4n) is 2.87. The number of aryl methyl sites for hydroxylation is 2. The van der Waals surface area contributed by atoms with E-state index in [0.717, 1.165) is 42.5 Å². The molecule has 4 heteroatoms. The first kappa shape index (κ1) is 17.5. The van der Waals surface area contributed by atoms with Gasteiger partial charge in [0.1, 0.15) is 5.41 Å². The van der Waals surface area contributed by atoms with Crippen LogP contribution >= 0.6 is 0 Å². The van der Waals surface area contributed by atoms with Crippen molar-refractivity contribution in [1.82, 2.24) is 5.32 Å². The minimum absolute atomic E-state index is 0.115. The van der Waals surface area contributed by atoms with Crippen molar-refractivity contribution >= 4 is 17.5 Å². The molecule has 0 saturated heterocycles. The summed E-state index contributed by atoms with van der Waals surface area (Å²) in [6, 6.07) is 6.10. The van der Waals surface area contributed by atoms with Crippen molar-refractivity contribution in [1.29, 1.82) is 0 Å². The predicted octanol–water partition coefficient (Wildman–Crippen LogP) is 3.45. The largest absolute Gasteiger partial charge is 0.355 e. The molecule has 1 aliphatic carbocycles. The summed E-state index contributed by atoms with van der Waals surface area (Å²) < 4.78 is 0. The van der Waals surface area contributed by atoms with Gasteiger partial charge in [0.25, 0.3) is 0 Å². The summed E-state index contributed by atoms with van der Waals surface area (Å²) in [5.41, 5.74) is 2.30. The smallest absolute Gasteiger partial charge is 0.240 e. The van der Waals surface area contributed by atoms with Crippen molar-refractivity contribution in [3.8, 4) is 0 Å². The number of nitrogens with one attached hydrogen (secondary N) is 2. The number of unbranched alkanes of at least 4 members (excludes halogenated alkanes) is 1. The first-order valence-corrected chi connectivity index (χ1v) is 8.79. The highest BCUT2D eigenvalue weighted by Crippen LogP contribution is 2.47. The van der Waals surface area contributed by atoms with Crippen LogP contribution in [-0.2, 0) is 22.4 Å². The topological polar surface area (TPSA) is 58.2 Å². The van der Waals surface area contributed by atoms with Crippen LogP contribution < -0.4 is 10.6 Å². The molecule has 1 aromatic rings. The van der Waals surface area contributed by atoms with Crippen LogP contribution in [-0.4, -0.2) is 18.4 Å². The molecule has 2 N–H and O–H groups in total. The van der Waals surface area contributed by atoms with Crippen molar-refractivity contribution < 1.29 is 9.59 Å². The molecule has 4 nitrogen and oxygen atoms in total. The second-order valence-electron chi connectivity index (χ2n) is 6.30. The van der Waals surface area contributed by atoms with Crippen molar-refractivity contribution in [2.45, 2.75) is 59.3 Å². The van der Waals surface area contributed by atoms with Gasteiger partial charge in [-0.2, -0.15) is 0 Å². The van der Waals surface area contributed by atoms with E-state index in [4.69, 9.17) is 0 Å². The number of carbonyl (C=O) groups is 2. The molecule has 0 heterocycles. The molecule has 2 amide bonds. The van der Waals surface area contributed by atoms with E-state index in [0.29, 0.717) is 19.4 Å². The van der Waals surface area contributed by atoms with Gasteiger partial charge in [0, 0.05) is 12.2 Å². The molecule has 2 rings (SSSR count). The van der Waals surface area contributed by atoms with Gasteiger partial charge >= 0.3 is 0 Å². The highest BCUT2D eigenvalue weighted by molar-refractivity contribution is 6.13. The van der Waals surface area contributed by atoms with Crippen molar-refractivity contribution in [3.63, 3.8) is 0 Å². The molecule has 0 radical (unpaired) electrons. The van der Waals surface area contributed by atoms with Crippen LogP contribution in [0.15, 0.2) is 18.2 Å². The summed E-state index contributed by atoms with van der Waals surface area (Å²) >= 11 is 0. The number of rotatable bonds is 8. The Morgan fingerprint density at radius 1 is 1.04 bits per heavy atom. The van der Waals surface area contributed by atoms with Gasteiger partial charge in [0.05, 0.1) is 0 Å². The van der Waals surface area contributed by atoms with E-state index in [1.165, 1.54) is 0 Å². The van der Waals surface area contributed by atoms with Gasteiger partial charge in [-0.3, -0.25) is 9.59 Å². The zero-order chi connectivity index (χ0) is 16.9. The summed E-state index contributed by atoms with van der Waals surface area (Å²) in [7, 11) is 0.